The molecule has 6 heteroatoms. The summed E-state index contributed by atoms with van der Waals surface area (Å²) in [5, 5.41) is 6.97. The van der Waals surface area contributed by atoms with Crippen LogP contribution in [0, 0.1) is 0 Å². The quantitative estimate of drug-likeness (QED) is 0.887. The van der Waals surface area contributed by atoms with E-state index in [0.717, 1.165) is 0 Å². The van der Waals surface area contributed by atoms with Crippen LogP contribution < -0.4 is 14.8 Å². The van der Waals surface area contributed by atoms with Gasteiger partial charge < -0.3 is 14.8 Å². The number of hydrogen-bond donors (Lipinski definition) is 1. The molecule has 1 aromatic carbocycles. The van der Waals surface area contributed by atoms with Crippen LogP contribution in [-0.4, -0.2) is 29.9 Å². The van der Waals surface area contributed by atoms with Crippen LogP contribution >= 0.6 is 0 Å². The molecule has 0 aliphatic heterocycles. The van der Waals surface area contributed by atoms with Gasteiger partial charge in [-0.25, -0.2) is 0 Å². The lowest BCUT2D eigenvalue weighted by molar-refractivity contribution is -0.116. The van der Waals surface area contributed by atoms with E-state index in [0.29, 0.717) is 23.6 Å². The predicted molar refractivity (Wildman–Crippen MR) is 79.7 cm³/mol. The van der Waals surface area contributed by atoms with E-state index in [2.05, 4.69) is 10.4 Å². The van der Waals surface area contributed by atoms with E-state index in [1.54, 1.807) is 43.3 Å². The van der Waals surface area contributed by atoms with Gasteiger partial charge in [0.2, 0.25) is 5.91 Å². The molecule has 0 unspecified atom stereocenters. The molecular formula is C15H19N3O3. The van der Waals surface area contributed by atoms with Crippen molar-refractivity contribution >= 4 is 11.6 Å². The monoisotopic (exact) mass is 289 g/mol. The summed E-state index contributed by atoms with van der Waals surface area (Å²) in [6.45, 7) is 1.94. The van der Waals surface area contributed by atoms with Crippen LogP contribution in [0.3, 0.4) is 0 Å². The number of benzene rings is 1. The van der Waals surface area contributed by atoms with Gasteiger partial charge >= 0.3 is 0 Å². The zero-order chi connectivity index (χ0) is 15.2. The first-order chi connectivity index (χ1) is 10.1. The molecule has 2 aromatic rings. The van der Waals surface area contributed by atoms with Crippen LogP contribution in [0.5, 0.6) is 11.5 Å². The highest BCUT2D eigenvalue weighted by Crippen LogP contribution is 2.29. The Morgan fingerprint density at radius 3 is 2.81 bits per heavy atom. The first kappa shape index (κ1) is 14.9. The molecule has 1 heterocycles. The van der Waals surface area contributed by atoms with Crippen molar-refractivity contribution < 1.29 is 14.3 Å². The lowest BCUT2D eigenvalue weighted by atomic mass is 10.2. The van der Waals surface area contributed by atoms with Crippen LogP contribution in [0.2, 0.25) is 0 Å². The van der Waals surface area contributed by atoms with Gasteiger partial charge in [0.25, 0.3) is 0 Å². The molecule has 1 N–H and O–H groups in total. The van der Waals surface area contributed by atoms with Crippen molar-refractivity contribution in [3.05, 3.63) is 36.7 Å². The van der Waals surface area contributed by atoms with E-state index in [4.69, 9.17) is 9.47 Å². The Hall–Kier alpha value is -2.50. The van der Waals surface area contributed by atoms with Gasteiger partial charge in [-0.1, -0.05) is 0 Å². The number of aromatic nitrogens is 2. The van der Waals surface area contributed by atoms with Crippen molar-refractivity contribution in [2.24, 2.45) is 0 Å². The molecule has 0 radical (unpaired) electrons. The zero-order valence-electron chi connectivity index (χ0n) is 12.4. The molecule has 112 valence electrons. The molecule has 1 aromatic heterocycles. The molecule has 2 rings (SSSR count). The fourth-order valence-electron chi connectivity index (χ4n) is 2.01. The first-order valence-corrected chi connectivity index (χ1v) is 6.65. The molecule has 0 fully saturated rings. The van der Waals surface area contributed by atoms with Crippen molar-refractivity contribution in [1.29, 1.82) is 0 Å². The number of carbonyl (C=O) groups excluding carboxylic acids is 1. The highest BCUT2D eigenvalue weighted by Gasteiger charge is 2.13. The van der Waals surface area contributed by atoms with Gasteiger partial charge in [-0.05, 0) is 25.1 Å². The van der Waals surface area contributed by atoms with E-state index < -0.39 is 0 Å². The molecule has 0 saturated heterocycles. The standard InChI is InChI=1S/C15H19N3O3/c1-11(18-8-4-7-16-18)9-15(19)17-13-6-5-12(20-2)10-14(13)21-3/h4-8,10-11H,9H2,1-3H3,(H,17,19)/t11-/m1/s1. The number of nitrogens with one attached hydrogen (secondary N) is 1. The first-order valence-electron chi connectivity index (χ1n) is 6.65. The third-order valence-corrected chi connectivity index (χ3v) is 3.14. The number of rotatable bonds is 6. The SMILES string of the molecule is COc1ccc(NC(=O)C[C@@H](C)n2cccn2)c(OC)c1. The van der Waals surface area contributed by atoms with E-state index >= 15 is 0 Å². The number of ether oxygens (including phenoxy) is 2. The Morgan fingerprint density at radius 2 is 2.19 bits per heavy atom. The van der Waals surface area contributed by atoms with Crippen LogP contribution in [0.4, 0.5) is 5.69 Å². The lowest BCUT2D eigenvalue weighted by Gasteiger charge is -2.14. The highest BCUT2D eigenvalue weighted by molar-refractivity contribution is 5.92. The topological polar surface area (TPSA) is 65.4 Å². The number of carbonyl (C=O) groups is 1. The molecule has 0 aliphatic carbocycles. The van der Waals surface area contributed by atoms with Crippen molar-refractivity contribution in [2.45, 2.75) is 19.4 Å². The summed E-state index contributed by atoms with van der Waals surface area (Å²) < 4.78 is 12.1. The smallest absolute Gasteiger partial charge is 0.226 e. The molecular weight excluding hydrogens is 270 g/mol. The van der Waals surface area contributed by atoms with Gasteiger partial charge in [-0.15, -0.1) is 0 Å². The third-order valence-electron chi connectivity index (χ3n) is 3.14. The Balaban J connectivity index is 2.02. The van der Waals surface area contributed by atoms with Crippen LogP contribution in [0.1, 0.15) is 19.4 Å². The van der Waals surface area contributed by atoms with Crippen LogP contribution in [-0.2, 0) is 4.79 Å². The highest BCUT2D eigenvalue weighted by atomic mass is 16.5. The average Bonchev–Trinajstić information content (AvgIpc) is 3.01. The van der Waals surface area contributed by atoms with E-state index in [1.165, 1.54) is 0 Å². The van der Waals surface area contributed by atoms with E-state index in [9.17, 15) is 4.79 Å². The van der Waals surface area contributed by atoms with E-state index in [1.807, 2.05) is 19.2 Å². The Bertz CT molecular complexity index is 596. The molecule has 0 aliphatic rings. The largest absolute Gasteiger partial charge is 0.497 e. The molecule has 0 saturated carbocycles. The average molecular weight is 289 g/mol. The maximum Gasteiger partial charge on any atom is 0.226 e. The normalized spacial score (nSPS) is 11.8. The van der Waals surface area contributed by atoms with Gasteiger partial charge in [0.15, 0.2) is 0 Å². The minimum absolute atomic E-state index is 0.00996. The summed E-state index contributed by atoms with van der Waals surface area (Å²) in [6.07, 6.45) is 3.86. The molecule has 21 heavy (non-hydrogen) atoms. The maximum atomic E-state index is 12.1. The van der Waals surface area contributed by atoms with Gasteiger partial charge in [0.1, 0.15) is 11.5 Å². The second kappa shape index (κ2) is 6.78. The molecule has 1 atom stereocenters. The van der Waals surface area contributed by atoms with Gasteiger partial charge in [0, 0.05) is 24.9 Å². The number of anilines is 1. The van der Waals surface area contributed by atoms with E-state index in [-0.39, 0.29) is 11.9 Å². The van der Waals surface area contributed by atoms with Crippen LogP contribution in [0.25, 0.3) is 0 Å². The molecule has 0 bridgehead atoms. The summed E-state index contributed by atoms with van der Waals surface area (Å²) in [5.41, 5.74) is 0.621. The Kier molecular flexibility index (Phi) is 4.81. The van der Waals surface area contributed by atoms with Crippen LogP contribution in [0.15, 0.2) is 36.7 Å². The number of nitrogens with zero attached hydrogens (tertiary/aromatic N) is 2. The summed E-state index contributed by atoms with van der Waals surface area (Å²) in [7, 11) is 3.13. The fraction of sp³-hybridized carbons (Fsp3) is 0.333. The Labute approximate surface area is 123 Å². The number of amides is 1. The molecule has 1 amide bonds. The summed E-state index contributed by atoms with van der Waals surface area (Å²) in [6, 6.07) is 7.08. The van der Waals surface area contributed by atoms with Crippen molar-refractivity contribution in [3.63, 3.8) is 0 Å². The number of methoxy groups -OCH3 is 2. The van der Waals surface area contributed by atoms with Gasteiger partial charge in [-0.2, -0.15) is 5.10 Å². The Morgan fingerprint density at radius 1 is 1.38 bits per heavy atom. The number of hydrogen-bond acceptors (Lipinski definition) is 4. The summed E-state index contributed by atoms with van der Waals surface area (Å²) >= 11 is 0. The fourth-order valence-corrected chi connectivity index (χ4v) is 2.01. The third kappa shape index (κ3) is 3.75. The summed E-state index contributed by atoms with van der Waals surface area (Å²) in [4.78, 5) is 12.1. The lowest BCUT2D eigenvalue weighted by Crippen LogP contribution is -2.18. The van der Waals surface area contributed by atoms with Crippen molar-refractivity contribution in [1.82, 2.24) is 9.78 Å². The van der Waals surface area contributed by atoms with Gasteiger partial charge in [0.05, 0.1) is 25.9 Å². The minimum Gasteiger partial charge on any atom is -0.497 e. The second-order valence-electron chi connectivity index (χ2n) is 4.65. The molecule has 6 nitrogen and oxygen atoms in total. The minimum atomic E-state index is -0.0959. The molecule has 0 spiro atoms. The maximum absolute atomic E-state index is 12.1. The summed E-state index contributed by atoms with van der Waals surface area (Å²) in [5.74, 6) is 1.14. The van der Waals surface area contributed by atoms with Crippen molar-refractivity contribution in [3.8, 4) is 11.5 Å². The second-order valence-corrected chi connectivity index (χ2v) is 4.65. The van der Waals surface area contributed by atoms with Crippen molar-refractivity contribution in [2.75, 3.05) is 19.5 Å². The predicted octanol–water partition coefficient (Wildman–Crippen LogP) is 2.49. The zero-order valence-corrected chi connectivity index (χ0v) is 12.4. The van der Waals surface area contributed by atoms with Gasteiger partial charge in [-0.3, -0.25) is 9.48 Å².